The van der Waals surface area contributed by atoms with E-state index < -0.39 is 0 Å². The zero-order chi connectivity index (χ0) is 15.8. The molecule has 2 rings (SSSR count). The van der Waals surface area contributed by atoms with E-state index in [2.05, 4.69) is 32.5 Å². The highest BCUT2D eigenvalue weighted by Gasteiger charge is 2.09. The van der Waals surface area contributed by atoms with Gasteiger partial charge in [0.05, 0.1) is 0 Å². The number of carbonyl (C=O) groups is 1. The third kappa shape index (κ3) is 4.80. The van der Waals surface area contributed by atoms with Gasteiger partial charge in [0, 0.05) is 31.5 Å². The van der Waals surface area contributed by atoms with Gasteiger partial charge in [-0.25, -0.2) is 9.97 Å². The van der Waals surface area contributed by atoms with Crippen LogP contribution < -0.4 is 10.6 Å². The van der Waals surface area contributed by atoms with E-state index in [1.807, 2.05) is 12.1 Å². The van der Waals surface area contributed by atoms with Gasteiger partial charge in [0.15, 0.2) is 0 Å². The van der Waals surface area contributed by atoms with E-state index in [0.717, 1.165) is 18.4 Å². The first-order chi connectivity index (χ1) is 10.7. The van der Waals surface area contributed by atoms with Crippen molar-refractivity contribution in [3.63, 3.8) is 0 Å². The molecule has 2 N–H and O–H groups in total. The molecule has 0 fully saturated rings. The van der Waals surface area contributed by atoms with E-state index >= 15 is 0 Å². The van der Waals surface area contributed by atoms with Crippen LogP contribution in [0.5, 0.6) is 0 Å². The summed E-state index contributed by atoms with van der Waals surface area (Å²) >= 11 is 0. The summed E-state index contributed by atoms with van der Waals surface area (Å²) in [4.78, 5) is 24.6. The highest BCUT2D eigenvalue weighted by molar-refractivity contribution is 5.92. The Hall–Kier alpha value is -2.50. The number of anilines is 1. The Bertz CT molecular complexity index is 615. The third-order valence-electron chi connectivity index (χ3n) is 3.08. The quantitative estimate of drug-likeness (QED) is 0.767. The van der Waals surface area contributed by atoms with Crippen molar-refractivity contribution in [3.8, 4) is 0 Å². The van der Waals surface area contributed by atoms with E-state index in [4.69, 9.17) is 0 Å². The first-order valence-corrected chi connectivity index (χ1v) is 7.45. The Morgan fingerprint density at radius 1 is 1.32 bits per heavy atom. The number of aromatic nitrogens is 3. The molecule has 0 aliphatic rings. The number of nitrogens with zero attached hydrogens (tertiary/aromatic N) is 3. The number of carbonyl (C=O) groups excluding carboxylic acids is 1. The first kappa shape index (κ1) is 15.9. The number of aryl methyl sites for hydroxylation is 1. The van der Waals surface area contributed by atoms with Crippen LogP contribution in [0.25, 0.3) is 0 Å². The minimum absolute atomic E-state index is 0.164. The van der Waals surface area contributed by atoms with Crippen LogP contribution in [-0.4, -0.2) is 27.4 Å². The zero-order valence-corrected chi connectivity index (χ0v) is 13.0. The lowest BCUT2D eigenvalue weighted by Crippen LogP contribution is -2.25. The Labute approximate surface area is 130 Å². The number of rotatable bonds is 7. The molecule has 1 amide bonds. The predicted molar refractivity (Wildman–Crippen MR) is 85.6 cm³/mol. The molecule has 0 saturated heterocycles. The molecule has 22 heavy (non-hydrogen) atoms. The molecule has 0 aliphatic heterocycles. The molecule has 0 radical (unpaired) electrons. The summed E-state index contributed by atoms with van der Waals surface area (Å²) in [5, 5.41) is 6.05. The maximum Gasteiger partial charge on any atom is 0.270 e. The summed E-state index contributed by atoms with van der Waals surface area (Å²) in [5.74, 6) is 1.04. The molecule has 116 valence electrons. The van der Waals surface area contributed by atoms with Crippen LogP contribution in [0.1, 0.15) is 41.6 Å². The molecular formula is C16H21N5O. The normalized spacial score (nSPS) is 10.3. The second-order valence-corrected chi connectivity index (χ2v) is 5.01. The Kier molecular flexibility index (Phi) is 5.82. The molecule has 2 aromatic rings. The molecule has 6 heteroatoms. The van der Waals surface area contributed by atoms with Gasteiger partial charge in [-0.15, -0.1) is 0 Å². The van der Waals surface area contributed by atoms with Gasteiger partial charge in [0.25, 0.3) is 5.91 Å². The number of hydrogen-bond donors (Lipinski definition) is 2. The molecule has 0 aromatic carbocycles. The van der Waals surface area contributed by atoms with E-state index in [1.165, 1.54) is 0 Å². The number of amides is 1. The van der Waals surface area contributed by atoms with Gasteiger partial charge < -0.3 is 10.6 Å². The standard InChI is InChI=1S/C16H21N5O/c1-3-4-8-18-16(22)14-9-15(21-12(2)20-14)19-11-13-6-5-7-17-10-13/h5-7,9-10H,3-4,8,11H2,1-2H3,(H,18,22)(H,19,20,21). The molecule has 0 aliphatic carbocycles. The van der Waals surface area contributed by atoms with Crippen molar-refractivity contribution in [2.24, 2.45) is 0 Å². The zero-order valence-electron chi connectivity index (χ0n) is 13.0. The minimum atomic E-state index is -0.164. The van der Waals surface area contributed by atoms with Crippen molar-refractivity contribution < 1.29 is 4.79 Å². The summed E-state index contributed by atoms with van der Waals surface area (Å²) in [6, 6.07) is 5.53. The van der Waals surface area contributed by atoms with Crippen molar-refractivity contribution >= 4 is 11.7 Å². The average Bonchev–Trinajstić information content (AvgIpc) is 2.53. The van der Waals surface area contributed by atoms with Crippen LogP contribution in [0.3, 0.4) is 0 Å². The van der Waals surface area contributed by atoms with Gasteiger partial charge in [-0.1, -0.05) is 19.4 Å². The summed E-state index contributed by atoms with van der Waals surface area (Å²) < 4.78 is 0. The largest absolute Gasteiger partial charge is 0.366 e. The SMILES string of the molecule is CCCCNC(=O)c1cc(NCc2cccnc2)nc(C)n1. The monoisotopic (exact) mass is 299 g/mol. The van der Waals surface area contributed by atoms with Crippen molar-refractivity contribution in [3.05, 3.63) is 47.7 Å². The van der Waals surface area contributed by atoms with Crippen LogP contribution in [0.2, 0.25) is 0 Å². The summed E-state index contributed by atoms with van der Waals surface area (Å²) in [7, 11) is 0. The van der Waals surface area contributed by atoms with Crippen LogP contribution in [-0.2, 0) is 6.54 Å². The van der Waals surface area contributed by atoms with Crippen molar-refractivity contribution in [1.29, 1.82) is 0 Å². The molecule has 0 atom stereocenters. The lowest BCUT2D eigenvalue weighted by Gasteiger charge is -2.09. The molecular weight excluding hydrogens is 278 g/mol. The fraction of sp³-hybridized carbons (Fsp3) is 0.375. The third-order valence-corrected chi connectivity index (χ3v) is 3.08. The Morgan fingerprint density at radius 3 is 2.91 bits per heavy atom. The number of hydrogen-bond acceptors (Lipinski definition) is 5. The van der Waals surface area contributed by atoms with Gasteiger partial charge in [0.1, 0.15) is 17.3 Å². The van der Waals surface area contributed by atoms with Crippen LogP contribution >= 0.6 is 0 Å². The van der Waals surface area contributed by atoms with Crippen molar-refractivity contribution in [1.82, 2.24) is 20.3 Å². The lowest BCUT2D eigenvalue weighted by atomic mass is 10.3. The smallest absolute Gasteiger partial charge is 0.270 e. The fourth-order valence-electron chi connectivity index (χ4n) is 1.94. The van der Waals surface area contributed by atoms with Gasteiger partial charge in [0.2, 0.25) is 0 Å². The highest BCUT2D eigenvalue weighted by atomic mass is 16.1. The van der Waals surface area contributed by atoms with Gasteiger partial charge in [-0.2, -0.15) is 0 Å². The highest BCUT2D eigenvalue weighted by Crippen LogP contribution is 2.09. The van der Waals surface area contributed by atoms with Crippen LogP contribution in [0.4, 0.5) is 5.82 Å². The second kappa shape index (κ2) is 8.07. The lowest BCUT2D eigenvalue weighted by molar-refractivity contribution is 0.0948. The van der Waals surface area contributed by atoms with Gasteiger partial charge in [-0.05, 0) is 25.0 Å². The molecule has 0 spiro atoms. The number of nitrogens with one attached hydrogen (secondary N) is 2. The van der Waals surface area contributed by atoms with Crippen LogP contribution in [0.15, 0.2) is 30.6 Å². The topological polar surface area (TPSA) is 79.8 Å². The van der Waals surface area contributed by atoms with E-state index in [1.54, 1.807) is 25.4 Å². The molecule has 0 unspecified atom stereocenters. The maximum absolute atomic E-state index is 12.1. The number of unbranched alkanes of at least 4 members (excludes halogenated alkanes) is 1. The molecule has 0 bridgehead atoms. The number of pyridine rings is 1. The maximum atomic E-state index is 12.1. The predicted octanol–water partition coefficient (Wildman–Crippen LogP) is 2.32. The minimum Gasteiger partial charge on any atom is -0.366 e. The van der Waals surface area contributed by atoms with E-state index in [0.29, 0.717) is 30.4 Å². The molecule has 2 aromatic heterocycles. The summed E-state index contributed by atoms with van der Waals surface area (Å²) in [5.41, 5.74) is 1.44. The second-order valence-electron chi connectivity index (χ2n) is 5.01. The van der Waals surface area contributed by atoms with Crippen molar-refractivity contribution in [2.75, 3.05) is 11.9 Å². The van der Waals surface area contributed by atoms with E-state index in [-0.39, 0.29) is 5.91 Å². The molecule has 0 saturated carbocycles. The first-order valence-electron chi connectivity index (χ1n) is 7.45. The van der Waals surface area contributed by atoms with E-state index in [9.17, 15) is 4.79 Å². The van der Waals surface area contributed by atoms with Gasteiger partial charge >= 0.3 is 0 Å². The molecule has 2 heterocycles. The Morgan fingerprint density at radius 2 is 2.18 bits per heavy atom. The summed E-state index contributed by atoms with van der Waals surface area (Å²) in [6.07, 6.45) is 5.53. The van der Waals surface area contributed by atoms with Crippen molar-refractivity contribution in [2.45, 2.75) is 33.2 Å². The van der Waals surface area contributed by atoms with Gasteiger partial charge in [-0.3, -0.25) is 9.78 Å². The molecule has 6 nitrogen and oxygen atoms in total. The average molecular weight is 299 g/mol. The summed E-state index contributed by atoms with van der Waals surface area (Å²) in [6.45, 7) is 5.12. The Balaban J connectivity index is 2.01. The van der Waals surface area contributed by atoms with Crippen LogP contribution in [0, 0.1) is 6.92 Å². The fourth-order valence-corrected chi connectivity index (χ4v) is 1.94.